The van der Waals surface area contributed by atoms with E-state index in [2.05, 4.69) is 20.6 Å². The Kier molecular flexibility index (Phi) is 4.86. The molecule has 0 aliphatic heterocycles. The molecule has 6 nitrogen and oxygen atoms in total. The van der Waals surface area contributed by atoms with Crippen LogP contribution in [0.4, 0.5) is 10.2 Å². The first-order valence-corrected chi connectivity index (χ1v) is 10.3. The zero-order valence-electron chi connectivity index (χ0n) is 17.1. The summed E-state index contributed by atoms with van der Waals surface area (Å²) in [7, 11) is 0. The molecule has 0 spiro atoms. The van der Waals surface area contributed by atoms with E-state index >= 15 is 0 Å². The van der Waals surface area contributed by atoms with Crippen molar-refractivity contribution in [3.8, 4) is 11.3 Å². The molecule has 0 saturated heterocycles. The van der Waals surface area contributed by atoms with Gasteiger partial charge in [0.15, 0.2) is 11.5 Å². The molecule has 5 rings (SSSR count). The number of aryl methyl sites for hydroxylation is 1. The minimum atomic E-state index is -0.256. The zero-order valence-corrected chi connectivity index (χ0v) is 17.1. The summed E-state index contributed by atoms with van der Waals surface area (Å²) in [4.78, 5) is 21.4. The normalized spacial score (nSPS) is 13.4. The van der Waals surface area contributed by atoms with Crippen molar-refractivity contribution in [2.24, 2.45) is 0 Å². The van der Waals surface area contributed by atoms with Crippen LogP contribution in [0.5, 0.6) is 0 Å². The van der Waals surface area contributed by atoms with Gasteiger partial charge in [0, 0.05) is 36.1 Å². The maximum absolute atomic E-state index is 13.1. The molecule has 0 bridgehead atoms. The molecule has 2 aromatic carbocycles. The van der Waals surface area contributed by atoms with E-state index in [-0.39, 0.29) is 11.7 Å². The largest absolute Gasteiger partial charge is 0.363 e. The average molecular weight is 415 g/mol. The lowest BCUT2D eigenvalue weighted by molar-refractivity contribution is 0.0950. The fourth-order valence-corrected chi connectivity index (χ4v) is 3.61. The van der Waals surface area contributed by atoms with Crippen LogP contribution in [0.25, 0.3) is 16.9 Å². The first-order valence-electron chi connectivity index (χ1n) is 10.3. The van der Waals surface area contributed by atoms with E-state index in [0.29, 0.717) is 29.6 Å². The number of aromatic nitrogens is 3. The summed E-state index contributed by atoms with van der Waals surface area (Å²) in [6, 6.07) is 12.5. The number of nitrogens with zero attached hydrogens (tertiary/aromatic N) is 3. The predicted octanol–water partition coefficient (Wildman–Crippen LogP) is 4.35. The second-order valence-corrected chi connectivity index (χ2v) is 7.87. The van der Waals surface area contributed by atoms with Crippen molar-refractivity contribution in [1.29, 1.82) is 0 Å². The molecule has 31 heavy (non-hydrogen) atoms. The van der Waals surface area contributed by atoms with E-state index in [1.807, 2.05) is 35.7 Å². The molecular formula is C24H22FN5O. The van der Waals surface area contributed by atoms with Gasteiger partial charge in [-0.15, -0.1) is 0 Å². The molecular weight excluding hydrogens is 393 g/mol. The lowest BCUT2D eigenvalue weighted by atomic mass is 10.0. The van der Waals surface area contributed by atoms with Crippen molar-refractivity contribution < 1.29 is 9.18 Å². The monoisotopic (exact) mass is 415 g/mol. The van der Waals surface area contributed by atoms with Crippen LogP contribution in [0.3, 0.4) is 0 Å². The van der Waals surface area contributed by atoms with Crippen molar-refractivity contribution >= 4 is 17.4 Å². The van der Waals surface area contributed by atoms with Crippen LogP contribution in [-0.2, 0) is 6.54 Å². The van der Waals surface area contributed by atoms with Crippen molar-refractivity contribution in [2.75, 3.05) is 5.32 Å². The number of anilines is 1. The molecule has 2 N–H and O–H groups in total. The van der Waals surface area contributed by atoms with Crippen LogP contribution in [0.15, 0.2) is 61.1 Å². The topological polar surface area (TPSA) is 71.3 Å². The highest BCUT2D eigenvalue weighted by Crippen LogP contribution is 2.26. The van der Waals surface area contributed by atoms with E-state index in [1.165, 1.54) is 12.1 Å². The fourth-order valence-electron chi connectivity index (χ4n) is 3.61. The quantitative estimate of drug-likeness (QED) is 0.491. The molecule has 1 fully saturated rings. The third-order valence-electron chi connectivity index (χ3n) is 5.48. The molecule has 1 aliphatic carbocycles. The molecule has 1 amide bonds. The minimum absolute atomic E-state index is 0.0128. The Labute approximate surface area is 179 Å². The third-order valence-corrected chi connectivity index (χ3v) is 5.48. The molecule has 4 aromatic rings. The Morgan fingerprint density at radius 3 is 2.71 bits per heavy atom. The number of fused-ring (bicyclic) bond motifs is 1. The Bertz CT molecular complexity index is 1260. The number of imidazole rings is 1. The molecule has 7 heteroatoms. The number of benzene rings is 2. The molecule has 156 valence electrons. The van der Waals surface area contributed by atoms with E-state index in [1.54, 1.807) is 24.5 Å². The number of halogens is 1. The van der Waals surface area contributed by atoms with Crippen LogP contribution in [-0.4, -0.2) is 26.3 Å². The average Bonchev–Trinajstić information content (AvgIpc) is 3.47. The number of hydrogen-bond acceptors (Lipinski definition) is 4. The van der Waals surface area contributed by atoms with Crippen LogP contribution in [0, 0.1) is 12.7 Å². The minimum Gasteiger partial charge on any atom is -0.363 e. The van der Waals surface area contributed by atoms with Gasteiger partial charge in [-0.1, -0.05) is 18.2 Å². The summed E-state index contributed by atoms with van der Waals surface area (Å²) >= 11 is 0. The molecule has 0 radical (unpaired) electrons. The second kappa shape index (κ2) is 7.83. The van der Waals surface area contributed by atoms with Crippen molar-refractivity contribution in [1.82, 2.24) is 19.7 Å². The second-order valence-electron chi connectivity index (χ2n) is 7.87. The summed E-state index contributed by atoms with van der Waals surface area (Å²) in [5.41, 5.74) is 5.17. The number of rotatable bonds is 6. The number of hydrogen-bond donors (Lipinski definition) is 2. The first kappa shape index (κ1) is 19.2. The molecule has 0 unspecified atom stereocenters. The van der Waals surface area contributed by atoms with Gasteiger partial charge in [-0.3, -0.25) is 9.20 Å². The molecule has 1 saturated carbocycles. The summed E-state index contributed by atoms with van der Waals surface area (Å²) in [5, 5.41) is 6.32. The lowest BCUT2D eigenvalue weighted by Crippen LogP contribution is -2.26. The Balaban J connectivity index is 1.40. The summed E-state index contributed by atoms with van der Waals surface area (Å²) in [5.74, 6) is 0.379. The maximum Gasteiger partial charge on any atom is 0.251 e. The Morgan fingerprint density at radius 1 is 1.16 bits per heavy atom. The van der Waals surface area contributed by atoms with Gasteiger partial charge in [-0.05, 0) is 55.2 Å². The summed E-state index contributed by atoms with van der Waals surface area (Å²) in [6.45, 7) is 2.46. The number of nitrogens with one attached hydrogen (secondary N) is 2. The number of carbonyl (C=O) groups is 1. The van der Waals surface area contributed by atoms with Crippen LogP contribution in [0.2, 0.25) is 0 Å². The molecule has 0 atom stereocenters. The van der Waals surface area contributed by atoms with E-state index < -0.39 is 0 Å². The van der Waals surface area contributed by atoms with Gasteiger partial charge >= 0.3 is 0 Å². The first-order chi connectivity index (χ1) is 15.1. The SMILES string of the molecule is Cc1cc(-c2cnc3c(NCc4ccc(F)cc4)nccn23)ccc1C(=O)NC1CC1. The molecule has 2 heterocycles. The van der Waals surface area contributed by atoms with Crippen LogP contribution < -0.4 is 10.6 Å². The van der Waals surface area contributed by atoms with Gasteiger partial charge in [0.25, 0.3) is 5.91 Å². The van der Waals surface area contributed by atoms with Crippen molar-refractivity contribution in [3.05, 3.63) is 83.6 Å². The highest BCUT2D eigenvalue weighted by Gasteiger charge is 2.24. The highest BCUT2D eigenvalue weighted by molar-refractivity contribution is 5.96. The van der Waals surface area contributed by atoms with Gasteiger partial charge < -0.3 is 10.6 Å². The molecule has 2 aromatic heterocycles. The van der Waals surface area contributed by atoms with Crippen LogP contribution >= 0.6 is 0 Å². The Morgan fingerprint density at radius 2 is 1.97 bits per heavy atom. The summed E-state index contributed by atoms with van der Waals surface area (Å²) in [6.07, 6.45) is 7.52. The van der Waals surface area contributed by atoms with E-state index in [4.69, 9.17) is 0 Å². The lowest BCUT2D eigenvalue weighted by Gasteiger charge is -2.10. The van der Waals surface area contributed by atoms with Crippen LogP contribution in [0.1, 0.15) is 34.3 Å². The van der Waals surface area contributed by atoms with Crippen molar-refractivity contribution in [2.45, 2.75) is 32.4 Å². The smallest absolute Gasteiger partial charge is 0.251 e. The van der Waals surface area contributed by atoms with Gasteiger partial charge in [-0.2, -0.15) is 0 Å². The predicted molar refractivity (Wildman–Crippen MR) is 117 cm³/mol. The van der Waals surface area contributed by atoms with E-state index in [9.17, 15) is 9.18 Å². The van der Waals surface area contributed by atoms with Gasteiger partial charge in [0.05, 0.1) is 11.9 Å². The number of carbonyl (C=O) groups excluding carboxylic acids is 1. The van der Waals surface area contributed by atoms with Gasteiger partial charge in [0.2, 0.25) is 0 Å². The highest BCUT2D eigenvalue weighted by atomic mass is 19.1. The fraction of sp³-hybridized carbons (Fsp3) is 0.208. The van der Waals surface area contributed by atoms with Crippen molar-refractivity contribution in [3.63, 3.8) is 0 Å². The Hall–Kier alpha value is -3.74. The van der Waals surface area contributed by atoms with Gasteiger partial charge in [0.1, 0.15) is 5.82 Å². The molecule has 1 aliphatic rings. The summed E-state index contributed by atoms with van der Waals surface area (Å²) < 4.78 is 15.1. The zero-order chi connectivity index (χ0) is 21.4. The standard InChI is InChI=1S/C24H22FN5O/c1-15-12-17(4-9-20(15)24(31)29-19-7-8-19)21-14-28-23-22(26-10-11-30(21)23)27-13-16-2-5-18(25)6-3-16/h2-6,9-12,14,19H,7-8,13H2,1H3,(H,26,27)(H,29,31). The number of amides is 1. The third kappa shape index (κ3) is 3.99. The maximum atomic E-state index is 13.1. The van der Waals surface area contributed by atoms with Gasteiger partial charge in [-0.25, -0.2) is 14.4 Å². The van der Waals surface area contributed by atoms with E-state index in [0.717, 1.165) is 35.2 Å².